The molecular formula is C28H31FN4O2. The Labute approximate surface area is 205 Å². The van der Waals surface area contributed by atoms with Crippen LogP contribution in [0.25, 0.3) is 11.0 Å². The van der Waals surface area contributed by atoms with Crippen molar-refractivity contribution >= 4 is 17.0 Å². The van der Waals surface area contributed by atoms with Crippen molar-refractivity contribution in [3.05, 3.63) is 94.9 Å². The van der Waals surface area contributed by atoms with Gasteiger partial charge in [-0.05, 0) is 47.5 Å². The number of ether oxygens (including phenoxy) is 1. The number of nitrogens with zero attached hydrogens (tertiary/aromatic N) is 3. The first-order valence-corrected chi connectivity index (χ1v) is 12.2. The van der Waals surface area contributed by atoms with Crippen LogP contribution in [0.3, 0.4) is 0 Å². The molecule has 0 atom stereocenters. The molecule has 0 spiro atoms. The van der Waals surface area contributed by atoms with Crippen molar-refractivity contribution in [1.29, 1.82) is 0 Å². The maximum Gasteiger partial charge on any atom is 0.204 e. The fourth-order valence-corrected chi connectivity index (χ4v) is 4.83. The van der Waals surface area contributed by atoms with E-state index in [0.29, 0.717) is 26.2 Å². The summed E-state index contributed by atoms with van der Waals surface area (Å²) in [6.07, 6.45) is 2.36. The molecule has 2 heterocycles. The summed E-state index contributed by atoms with van der Waals surface area (Å²) >= 11 is 0. The molecular weight excluding hydrogens is 443 g/mol. The lowest BCUT2D eigenvalue weighted by molar-refractivity contribution is -0.885. The molecule has 0 amide bonds. The van der Waals surface area contributed by atoms with E-state index in [1.807, 2.05) is 42.5 Å². The maximum absolute atomic E-state index is 13.4. The fraction of sp³-hybridized carbons (Fsp3) is 0.321. The van der Waals surface area contributed by atoms with E-state index in [1.54, 1.807) is 19.2 Å². The summed E-state index contributed by atoms with van der Waals surface area (Å²) in [6, 6.07) is 22.8. The summed E-state index contributed by atoms with van der Waals surface area (Å²) in [5.74, 6) is 1.39. The van der Waals surface area contributed by atoms with E-state index in [2.05, 4.69) is 16.0 Å². The molecule has 3 aromatic carbocycles. The van der Waals surface area contributed by atoms with Crippen molar-refractivity contribution in [1.82, 2.24) is 9.55 Å². The van der Waals surface area contributed by atoms with Crippen LogP contribution in [0.4, 0.5) is 10.3 Å². The van der Waals surface area contributed by atoms with Gasteiger partial charge in [0.2, 0.25) is 5.95 Å². The second-order valence-corrected chi connectivity index (χ2v) is 9.38. The number of nitrogens with one attached hydrogen (secondary N) is 1. The number of piperidine rings is 1. The third-order valence-electron chi connectivity index (χ3n) is 6.98. The van der Waals surface area contributed by atoms with Gasteiger partial charge in [-0.25, -0.2) is 9.37 Å². The van der Waals surface area contributed by atoms with Gasteiger partial charge in [-0.15, -0.1) is 0 Å². The molecule has 1 fully saturated rings. The highest BCUT2D eigenvalue weighted by Crippen LogP contribution is 2.26. The van der Waals surface area contributed by atoms with E-state index in [1.165, 1.54) is 12.1 Å². The SMILES string of the molecule is COc1ccc(CC[N+]2([O-])CCC(Nc3nc4ccccc4n3Cc3ccc(F)cc3)CC2)cc1. The molecule has 0 saturated carbocycles. The van der Waals surface area contributed by atoms with Crippen molar-refractivity contribution in [2.75, 3.05) is 32.1 Å². The number of hydroxylamine groups is 3. The average Bonchev–Trinajstić information content (AvgIpc) is 3.23. The van der Waals surface area contributed by atoms with Gasteiger partial charge in [0.05, 0.1) is 44.3 Å². The van der Waals surface area contributed by atoms with E-state index < -0.39 is 0 Å². The van der Waals surface area contributed by atoms with Crippen LogP contribution >= 0.6 is 0 Å². The van der Waals surface area contributed by atoms with Crippen LogP contribution in [-0.2, 0) is 13.0 Å². The summed E-state index contributed by atoms with van der Waals surface area (Å²) in [5.41, 5.74) is 4.12. The topological polar surface area (TPSA) is 62.1 Å². The smallest absolute Gasteiger partial charge is 0.204 e. The number of anilines is 1. The number of quaternary nitrogens is 1. The van der Waals surface area contributed by atoms with Crippen molar-refractivity contribution in [2.45, 2.75) is 31.8 Å². The first-order valence-electron chi connectivity index (χ1n) is 12.2. The number of halogens is 1. The molecule has 182 valence electrons. The summed E-state index contributed by atoms with van der Waals surface area (Å²) in [5, 5.41) is 16.9. The van der Waals surface area contributed by atoms with Crippen LogP contribution < -0.4 is 10.1 Å². The number of methoxy groups -OCH3 is 1. The predicted octanol–water partition coefficient (Wildman–Crippen LogP) is 5.36. The summed E-state index contributed by atoms with van der Waals surface area (Å²) in [4.78, 5) is 4.83. The molecule has 1 saturated heterocycles. The molecule has 0 unspecified atom stereocenters. The van der Waals surface area contributed by atoms with E-state index in [4.69, 9.17) is 9.72 Å². The van der Waals surface area contributed by atoms with E-state index in [0.717, 1.165) is 53.1 Å². The normalized spacial score (nSPS) is 20.1. The van der Waals surface area contributed by atoms with E-state index >= 15 is 0 Å². The molecule has 6 nitrogen and oxygen atoms in total. The Morgan fingerprint density at radius 3 is 2.40 bits per heavy atom. The lowest BCUT2D eigenvalue weighted by atomic mass is 10.0. The molecule has 35 heavy (non-hydrogen) atoms. The van der Waals surface area contributed by atoms with Crippen molar-refractivity contribution in [3.8, 4) is 5.75 Å². The Bertz CT molecular complexity index is 1260. The van der Waals surface area contributed by atoms with Crippen LogP contribution in [-0.4, -0.2) is 47.0 Å². The quantitative estimate of drug-likeness (QED) is 0.276. The second-order valence-electron chi connectivity index (χ2n) is 9.38. The summed E-state index contributed by atoms with van der Waals surface area (Å²) in [6.45, 7) is 2.36. The van der Waals surface area contributed by atoms with Crippen LogP contribution in [0.5, 0.6) is 5.75 Å². The number of aromatic nitrogens is 2. The first kappa shape index (κ1) is 23.3. The minimum Gasteiger partial charge on any atom is -0.633 e. The van der Waals surface area contributed by atoms with Gasteiger partial charge in [0, 0.05) is 25.3 Å². The first-order chi connectivity index (χ1) is 17.0. The highest BCUT2D eigenvalue weighted by Gasteiger charge is 2.28. The molecule has 1 aromatic heterocycles. The third kappa shape index (κ3) is 5.47. The Morgan fingerprint density at radius 1 is 1.00 bits per heavy atom. The number of likely N-dealkylation sites (tertiary alicyclic amines) is 1. The Kier molecular flexibility index (Phi) is 6.70. The molecule has 7 heteroatoms. The highest BCUT2D eigenvalue weighted by molar-refractivity contribution is 5.78. The number of rotatable bonds is 8. The van der Waals surface area contributed by atoms with Gasteiger partial charge in [0.1, 0.15) is 11.6 Å². The van der Waals surface area contributed by atoms with Crippen LogP contribution in [0, 0.1) is 11.0 Å². The van der Waals surface area contributed by atoms with Crippen molar-refractivity contribution < 1.29 is 13.8 Å². The molecule has 5 rings (SSSR count). The molecule has 0 aliphatic carbocycles. The predicted molar refractivity (Wildman–Crippen MR) is 137 cm³/mol. The van der Waals surface area contributed by atoms with Gasteiger partial charge in [-0.3, -0.25) is 0 Å². The zero-order chi connectivity index (χ0) is 24.3. The van der Waals surface area contributed by atoms with Gasteiger partial charge in [-0.1, -0.05) is 36.4 Å². The van der Waals surface area contributed by atoms with Crippen LogP contribution in [0.1, 0.15) is 24.0 Å². The minimum atomic E-state index is -0.240. The van der Waals surface area contributed by atoms with Crippen LogP contribution in [0.2, 0.25) is 0 Å². The summed E-state index contributed by atoms with van der Waals surface area (Å²) < 4.78 is 20.6. The van der Waals surface area contributed by atoms with Crippen molar-refractivity contribution in [2.24, 2.45) is 0 Å². The molecule has 0 bridgehead atoms. The third-order valence-corrected chi connectivity index (χ3v) is 6.98. The number of fused-ring (bicyclic) bond motifs is 1. The number of hydrogen-bond donors (Lipinski definition) is 1. The number of imidazole rings is 1. The van der Waals surface area contributed by atoms with E-state index in [9.17, 15) is 9.60 Å². The Hall–Kier alpha value is -3.42. The number of benzene rings is 3. The zero-order valence-corrected chi connectivity index (χ0v) is 20.0. The monoisotopic (exact) mass is 474 g/mol. The van der Waals surface area contributed by atoms with Gasteiger partial charge >= 0.3 is 0 Å². The number of para-hydroxylation sites is 2. The largest absolute Gasteiger partial charge is 0.633 e. The Morgan fingerprint density at radius 2 is 1.69 bits per heavy atom. The fourth-order valence-electron chi connectivity index (χ4n) is 4.83. The highest BCUT2D eigenvalue weighted by atomic mass is 19.1. The van der Waals surface area contributed by atoms with Gasteiger partial charge in [0.25, 0.3) is 0 Å². The molecule has 0 radical (unpaired) electrons. The molecule has 4 aromatic rings. The molecule has 1 aliphatic heterocycles. The lowest BCUT2D eigenvalue weighted by Gasteiger charge is -2.47. The standard InChI is InChI=1S/C28H31FN4O2/c1-35-25-12-8-21(9-13-25)14-17-33(34)18-15-24(16-19-33)30-28-31-26-4-2-3-5-27(26)32(28)20-22-6-10-23(29)11-7-22/h2-13,24H,14-20H2,1H3,(H,30,31). The van der Waals surface area contributed by atoms with Gasteiger partial charge < -0.3 is 24.5 Å². The average molecular weight is 475 g/mol. The van der Waals surface area contributed by atoms with Gasteiger partial charge in [-0.2, -0.15) is 0 Å². The second kappa shape index (κ2) is 10.1. The summed E-state index contributed by atoms with van der Waals surface area (Å²) in [7, 11) is 1.66. The van der Waals surface area contributed by atoms with Gasteiger partial charge in [0.15, 0.2) is 0 Å². The molecule has 1 aliphatic rings. The minimum absolute atomic E-state index is 0.157. The zero-order valence-electron chi connectivity index (χ0n) is 20.0. The van der Waals surface area contributed by atoms with Crippen LogP contribution in [0.15, 0.2) is 72.8 Å². The van der Waals surface area contributed by atoms with E-state index in [-0.39, 0.29) is 16.5 Å². The Balaban J connectivity index is 1.24. The lowest BCUT2D eigenvalue weighted by Crippen LogP contribution is -2.51. The molecule has 1 N–H and O–H groups in total. The maximum atomic E-state index is 13.4. The van der Waals surface area contributed by atoms with Crippen molar-refractivity contribution in [3.63, 3.8) is 0 Å². The number of hydrogen-bond acceptors (Lipinski definition) is 4.